The molecule has 81 heavy (non-hydrogen) atoms. The van der Waals surface area contributed by atoms with Crippen LogP contribution in [-0.4, -0.2) is 29.2 Å². The minimum atomic E-state index is -4.71. The standard InChI is InChI=1S/C73H101F3N2O3/c1-6-9-12-15-18-19-20-21-22-23-24-25-26-27-28-29-32-35-68(73(74,75)76)77-70(79)69(71(80)81)59-41-48-63(49-42-59)78(61-44-36-56(4)37-45-61)62-46-39-58(40-47-62)60-43-51-65-64-50-38-57(5)54-66(64)72(67(65)55-60,52-33-30-16-13-10-7-2)53-34-31-17-14-11-8-3/h36-51,54-55,68-69H,6-35,52-53H2,1-5H3,(H,77,79)(H,80,81). The molecule has 0 aromatic heterocycles. The van der Waals surface area contributed by atoms with Gasteiger partial charge in [0.2, 0.25) is 5.91 Å². The zero-order chi connectivity index (χ0) is 57.9. The number of amides is 1. The average molecular weight is 1110 g/mol. The van der Waals surface area contributed by atoms with Crippen LogP contribution in [0.2, 0.25) is 0 Å². The number of aryl methyl sites for hydroxylation is 2. The number of benzene rings is 5. The summed E-state index contributed by atoms with van der Waals surface area (Å²) < 4.78 is 43.2. The van der Waals surface area contributed by atoms with E-state index in [9.17, 15) is 27.9 Å². The van der Waals surface area contributed by atoms with Crippen LogP contribution in [0.5, 0.6) is 0 Å². The fourth-order valence-electron chi connectivity index (χ4n) is 12.7. The molecule has 0 spiro atoms. The minimum Gasteiger partial charge on any atom is -0.480 e. The van der Waals surface area contributed by atoms with Crippen molar-refractivity contribution in [3.63, 3.8) is 0 Å². The molecule has 0 saturated carbocycles. The van der Waals surface area contributed by atoms with Crippen LogP contribution in [0.15, 0.2) is 109 Å². The fourth-order valence-corrected chi connectivity index (χ4v) is 12.7. The van der Waals surface area contributed by atoms with Gasteiger partial charge in [0.05, 0.1) is 0 Å². The third-order valence-electron chi connectivity index (χ3n) is 17.5. The highest BCUT2D eigenvalue weighted by molar-refractivity contribution is 6.03. The Morgan fingerprint density at radius 3 is 1.28 bits per heavy atom. The summed E-state index contributed by atoms with van der Waals surface area (Å²) in [7, 11) is 0. The molecule has 5 nitrogen and oxygen atoms in total. The number of carbonyl (C=O) groups excluding carboxylic acids is 1. The van der Waals surface area contributed by atoms with Gasteiger partial charge in [-0.15, -0.1) is 0 Å². The second kappa shape index (κ2) is 34.3. The summed E-state index contributed by atoms with van der Waals surface area (Å²) in [6, 6.07) is 35.4. The predicted molar refractivity (Wildman–Crippen MR) is 335 cm³/mol. The number of hydrogen-bond donors (Lipinski definition) is 2. The van der Waals surface area contributed by atoms with Crippen molar-refractivity contribution >= 4 is 28.9 Å². The van der Waals surface area contributed by atoms with Crippen molar-refractivity contribution in [3.8, 4) is 22.3 Å². The largest absolute Gasteiger partial charge is 0.480 e. The van der Waals surface area contributed by atoms with Gasteiger partial charge in [-0.25, -0.2) is 0 Å². The quantitative estimate of drug-likeness (QED) is 0.0303. The van der Waals surface area contributed by atoms with Gasteiger partial charge in [-0.2, -0.15) is 13.2 Å². The third kappa shape index (κ3) is 19.6. The van der Waals surface area contributed by atoms with E-state index in [1.807, 2.05) is 31.2 Å². The Kier molecular flexibility index (Phi) is 27.4. The van der Waals surface area contributed by atoms with Crippen molar-refractivity contribution in [3.05, 3.63) is 137 Å². The van der Waals surface area contributed by atoms with Crippen molar-refractivity contribution in [2.45, 2.75) is 264 Å². The van der Waals surface area contributed by atoms with Gasteiger partial charge in [0.1, 0.15) is 6.04 Å². The number of halogens is 3. The first-order valence-corrected chi connectivity index (χ1v) is 32.2. The van der Waals surface area contributed by atoms with Crippen LogP contribution in [0.3, 0.4) is 0 Å². The van der Waals surface area contributed by atoms with Gasteiger partial charge < -0.3 is 15.3 Å². The van der Waals surface area contributed by atoms with Crippen molar-refractivity contribution in [2.24, 2.45) is 0 Å². The lowest BCUT2D eigenvalue weighted by atomic mass is 9.70. The van der Waals surface area contributed by atoms with Gasteiger partial charge in [0, 0.05) is 22.5 Å². The first-order valence-electron chi connectivity index (χ1n) is 32.2. The van der Waals surface area contributed by atoms with E-state index in [-0.39, 0.29) is 17.4 Å². The molecular formula is C73H101F3N2O3. The maximum Gasteiger partial charge on any atom is 0.408 e. The Bertz CT molecular complexity index is 2590. The Balaban J connectivity index is 1.13. The van der Waals surface area contributed by atoms with Crippen LogP contribution < -0.4 is 10.2 Å². The molecule has 1 aliphatic carbocycles. The number of nitrogens with zero attached hydrogens (tertiary/aromatic N) is 1. The lowest BCUT2D eigenvalue weighted by molar-refractivity contribution is -0.165. The van der Waals surface area contributed by atoms with Crippen LogP contribution >= 0.6 is 0 Å². The summed E-state index contributed by atoms with van der Waals surface area (Å²) in [5.41, 5.74) is 12.9. The molecule has 2 atom stereocenters. The zero-order valence-corrected chi connectivity index (χ0v) is 50.5. The summed E-state index contributed by atoms with van der Waals surface area (Å²) in [5.74, 6) is -4.48. The zero-order valence-electron chi connectivity index (χ0n) is 50.5. The fraction of sp³-hybridized carbons (Fsp3) is 0.562. The highest BCUT2D eigenvalue weighted by Gasteiger charge is 2.44. The minimum absolute atomic E-state index is 0.0398. The molecule has 0 radical (unpaired) electrons. The number of carbonyl (C=O) groups is 2. The number of carboxylic acids is 1. The molecule has 5 aromatic rings. The lowest BCUT2D eigenvalue weighted by Crippen LogP contribution is -2.48. The van der Waals surface area contributed by atoms with E-state index in [1.54, 1.807) is 24.3 Å². The Labute approximate surface area is 487 Å². The van der Waals surface area contributed by atoms with E-state index >= 15 is 0 Å². The van der Waals surface area contributed by atoms with Gasteiger partial charge in [-0.1, -0.05) is 285 Å². The molecule has 0 aliphatic heterocycles. The number of anilines is 3. The van der Waals surface area contributed by atoms with Gasteiger partial charge in [-0.3, -0.25) is 9.59 Å². The van der Waals surface area contributed by atoms with E-state index < -0.39 is 30.0 Å². The number of carboxylic acid groups (broad SMARTS) is 1. The van der Waals surface area contributed by atoms with Gasteiger partial charge in [0.25, 0.3) is 0 Å². The summed E-state index contributed by atoms with van der Waals surface area (Å²) >= 11 is 0. The lowest BCUT2D eigenvalue weighted by Gasteiger charge is -2.33. The maximum atomic E-state index is 14.4. The smallest absolute Gasteiger partial charge is 0.408 e. The molecule has 1 aliphatic rings. The number of alkyl halides is 3. The second-order valence-corrected chi connectivity index (χ2v) is 24.1. The highest BCUT2D eigenvalue weighted by Crippen LogP contribution is 2.55. The van der Waals surface area contributed by atoms with Gasteiger partial charge in [-0.05, 0) is 115 Å². The highest BCUT2D eigenvalue weighted by atomic mass is 19.4. The monoisotopic (exact) mass is 1110 g/mol. The normalized spacial score (nSPS) is 13.4. The molecule has 0 heterocycles. The van der Waals surface area contributed by atoms with Crippen LogP contribution in [0.1, 0.15) is 260 Å². The number of fused-ring (bicyclic) bond motifs is 3. The van der Waals surface area contributed by atoms with Crippen molar-refractivity contribution < 1.29 is 27.9 Å². The van der Waals surface area contributed by atoms with E-state index in [2.05, 4.69) is 98.6 Å². The van der Waals surface area contributed by atoms with E-state index in [0.29, 0.717) is 18.5 Å². The molecule has 2 N–H and O–H groups in total. The maximum absolute atomic E-state index is 14.4. The summed E-state index contributed by atoms with van der Waals surface area (Å²) in [5, 5.41) is 12.5. The molecular weight excluding hydrogens is 1010 g/mol. The van der Waals surface area contributed by atoms with E-state index in [0.717, 1.165) is 61.0 Å². The number of nitrogens with one attached hydrogen (secondary N) is 1. The third-order valence-corrected chi connectivity index (χ3v) is 17.5. The SMILES string of the molecule is CCCCCCCCCCCCCCCCCCCC(NC(=O)C(C(=O)O)c1ccc(N(c2ccc(C)cc2)c2ccc(-c3ccc4c(c3)C(CCCCCCCC)(CCCCCCCC)c3cc(C)ccc3-4)cc2)cc1)C(F)(F)F. The van der Waals surface area contributed by atoms with Gasteiger partial charge >= 0.3 is 12.1 Å². The first-order chi connectivity index (χ1) is 39.3. The van der Waals surface area contributed by atoms with Crippen LogP contribution in [0, 0.1) is 13.8 Å². The molecule has 8 heteroatoms. The van der Waals surface area contributed by atoms with Crippen molar-refractivity contribution in [1.82, 2.24) is 5.32 Å². The number of unbranched alkanes of at least 4 members (excludes halogenated alkanes) is 26. The molecule has 5 aromatic carbocycles. The molecule has 442 valence electrons. The molecule has 0 saturated heterocycles. The van der Waals surface area contributed by atoms with Crippen LogP contribution in [0.25, 0.3) is 22.3 Å². The average Bonchev–Trinajstić information content (AvgIpc) is 3.93. The van der Waals surface area contributed by atoms with Crippen LogP contribution in [-0.2, 0) is 15.0 Å². The molecule has 1 amide bonds. The molecule has 0 bridgehead atoms. The molecule has 6 rings (SSSR count). The van der Waals surface area contributed by atoms with Crippen LogP contribution in [0.4, 0.5) is 30.2 Å². The summed E-state index contributed by atoms with van der Waals surface area (Å²) in [6.07, 6.45) is 31.9. The Morgan fingerprint density at radius 2 is 0.840 bits per heavy atom. The predicted octanol–water partition coefficient (Wildman–Crippen LogP) is 22.5. The first kappa shape index (κ1) is 64.8. The van der Waals surface area contributed by atoms with Gasteiger partial charge in [0.15, 0.2) is 5.92 Å². The van der Waals surface area contributed by atoms with E-state index in [1.165, 1.54) is 181 Å². The van der Waals surface area contributed by atoms with Crippen molar-refractivity contribution in [1.29, 1.82) is 0 Å². The Hall–Kier alpha value is -5.37. The summed E-state index contributed by atoms with van der Waals surface area (Å²) in [4.78, 5) is 28.4. The number of aliphatic carboxylic acids is 1. The number of rotatable bonds is 40. The Morgan fingerprint density at radius 1 is 0.469 bits per heavy atom. The second-order valence-electron chi connectivity index (χ2n) is 24.1. The van der Waals surface area contributed by atoms with Crippen molar-refractivity contribution in [2.75, 3.05) is 4.90 Å². The summed E-state index contributed by atoms with van der Waals surface area (Å²) in [6.45, 7) is 11.1. The van der Waals surface area contributed by atoms with E-state index in [4.69, 9.17) is 0 Å². The number of hydrogen-bond acceptors (Lipinski definition) is 3. The molecule has 0 fully saturated rings. The topological polar surface area (TPSA) is 69.6 Å². The molecule has 2 unspecified atom stereocenters.